The van der Waals surface area contributed by atoms with Gasteiger partial charge in [0.1, 0.15) is 0 Å². The van der Waals surface area contributed by atoms with E-state index in [-0.39, 0.29) is 18.2 Å². The van der Waals surface area contributed by atoms with Crippen molar-refractivity contribution in [3.8, 4) is 0 Å². The molecule has 0 heterocycles. The molecule has 0 rings (SSSR count). The van der Waals surface area contributed by atoms with Crippen molar-refractivity contribution in [2.24, 2.45) is 5.73 Å². The van der Waals surface area contributed by atoms with Crippen LogP contribution in [0.5, 0.6) is 0 Å². The van der Waals surface area contributed by atoms with Gasteiger partial charge >= 0.3 is 5.97 Å². The molecule has 0 aromatic heterocycles. The molecular weight excluding hydrogens is 156 g/mol. The highest BCUT2D eigenvalue weighted by atomic mass is 16.4. The van der Waals surface area contributed by atoms with Gasteiger partial charge in [-0.15, -0.1) is 0 Å². The van der Waals surface area contributed by atoms with Crippen molar-refractivity contribution in [2.75, 3.05) is 6.54 Å². The number of rotatable bonds is 1. The topological polar surface area (TPSA) is 167 Å². The Kier molecular flexibility index (Phi) is 32.6. The minimum absolute atomic E-state index is 0. The summed E-state index contributed by atoms with van der Waals surface area (Å²) in [6.45, 7) is 0.806. The van der Waals surface area contributed by atoms with Crippen LogP contribution in [0.25, 0.3) is 0 Å². The average molecular weight is 170 g/mol. The molecule has 11 heavy (non-hydrogen) atoms. The summed E-state index contributed by atoms with van der Waals surface area (Å²) >= 11 is 0. The Bertz CT molecular complexity index is 101. The summed E-state index contributed by atoms with van der Waals surface area (Å²) in [5, 5.41) is 15.0. The first-order chi connectivity index (χ1) is 4.00. The summed E-state index contributed by atoms with van der Waals surface area (Å²) in [6, 6.07) is 0. The second kappa shape index (κ2) is 15.9. The van der Waals surface area contributed by atoms with E-state index in [1.54, 1.807) is 0 Å². The molecule has 0 spiro atoms. The third-order valence-electron chi connectivity index (χ3n) is 0.175. The van der Waals surface area contributed by atoms with Gasteiger partial charge in [0, 0.05) is 6.92 Å². The molecule has 0 aromatic rings. The number of carboxylic acids is 2. The van der Waals surface area contributed by atoms with Gasteiger partial charge in [0.15, 0.2) is 0 Å². The molecule has 7 nitrogen and oxygen atoms in total. The first-order valence-electron chi connectivity index (χ1n) is 2.12. The Labute approximate surface area is 63.7 Å². The summed E-state index contributed by atoms with van der Waals surface area (Å²) in [5.41, 5.74) is 4.57. The second-order valence-corrected chi connectivity index (χ2v) is 1.12. The lowest BCUT2D eigenvalue weighted by molar-refractivity contribution is -0.136. The van der Waals surface area contributed by atoms with Gasteiger partial charge in [-0.2, -0.15) is 0 Å². The molecule has 0 bridgehead atoms. The smallest absolute Gasteiger partial charge is 0.317 e. The molecule has 0 aliphatic heterocycles. The fourth-order valence-electron chi connectivity index (χ4n) is 0. The molecule has 0 aliphatic carbocycles. The predicted octanol–water partition coefficient (Wildman–Crippen LogP) is -1.54. The lowest BCUT2D eigenvalue weighted by atomic mass is 10.7. The van der Waals surface area contributed by atoms with Crippen LogP contribution in [0.2, 0.25) is 0 Å². The zero-order chi connectivity index (χ0) is 7.86. The Morgan fingerprint density at radius 3 is 1.45 bits per heavy atom. The van der Waals surface area contributed by atoms with Crippen LogP contribution >= 0.6 is 0 Å². The van der Waals surface area contributed by atoms with E-state index in [1.807, 2.05) is 0 Å². The molecule has 0 saturated heterocycles. The summed E-state index contributed by atoms with van der Waals surface area (Å²) < 4.78 is 0. The SMILES string of the molecule is CC(=O)O.N.NCC(=O)O.O. The predicted molar refractivity (Wildman–Crippen MR) is 38.6 cm³/mol. The molecule has 0 fully saturated rings. The number of hydrogen-bond acceptors (Lipinski definition) is 4. The van der Waals surface area contributed by atoms with Crippen molar-refractivity contribution >= 4 is 11.9 Å². The van der Waals surface area contributed by atoms with Crippen molar-refractivity contribution in [2.45, 2.75) is 6.92 Å². The van der Waals surface area contributed by atoms with Gasteiger partial charge in [0.25, 0.3) is 5.97 Å². The fourth-order valence-corrected chi connectivity index (χ4v) is 0. The summed E-state index contributed by atoms with van der Waals surface area (Å²) in [7, 11) is 0. The highest BCUT2D eigenvalue weighted by Gasteiger charge is 1.81. The minimum atomic E-state index is -0.968. The van der Waals surface area contributed by atoms with Crippen molar-refractivity contribution in [3.63, 3.8) is 0 Å². The molecule has 0 unspecified atom stereocenters. The van der Waals surface area contributed by atoms with Crippen LogP contribution in [-0.2, 0) is 9.59 Å². The van der Waals surface area contributed by atoms with Gasteiger partial charge in [-0.25, -0.2) is 0 Å². The lowest BCUT2D eigenvalue weighted by Gasteiger charge is -1.73. The Hall–Kier alpha value is -1.18. The van der Waals surface area contributed by atoms with Gasteiger partial charge in [-0.1, -0.05) is 0 Å². The summed E-state index contributed by atoms with van der Waals surface area (Å²) in [6.07, 6.45) is 0. The molecule has 0 aromatic carbocycles. The molecule has 7 heteroatoms. The molecule has 0 amide bonds. The number of carboxylic acid groups (broad SMARTS) is 2. The van der Waals surface area contributed by atoms with Crippen LogP contribution < -0.4 is 11.9 Å². The van der Waals surface area contributed by atoms with Crippen LogP contribution in [0, 0.1) is 0 Å². The van der Waals surface area contributed by atoms with E-state index in [0.29, 0.717) is 0 Å². The van der Waals surface area contributed by atoms with Gasteiger partial charge in [0.05, 0.1) is 6.54 Å². The maximum atomic E-state index is 9.24. The highest BCUT2D eigenvalue weighted by Crippen LogP contribution is 1.43. The van der Waals surface area contributed by atoms with Gasteiger partial charge in [-0.3, -0.25) is 9.59 Å². The first-order valence-corrected chi connectivity index (χ1v) is 2.12. The zero-order valence-corrected chi connectivity index (χ0v) is 6.20. The third-order valence-corrected chi connectivity index (χ3v) is 0.175. The van der Waals surface area contributed by atoms with E-state index in [2.05, 4.69) is 5.73 Å². The lowest BCUT2D eigenvalue weighted by Crippen LogP contribution is -2.10. The van der Waals surface area contributed by atoms with E-state index in [9.17, 15) is 4.79 Å². The molecular formula is C4H14N2O5. The summed E-state index contributed by atoms with van der Waals surface area (Å²) in [4.78, 5) is 18.2. The second-order valence-electron chi connectivity index (χ2n) is 1.12. The van der Waals surface area contributed by atoms with E-state index in [1.165, 1.54) is 0 Å². The summed E-state index contributed by atoms with van der Waals surface area (Å²) in [5.74, 6) is -1.80. The fraction of sp³-hybridized carbons (Fsp3) is 0.500. The average Bonchev–Trinajstić information content (AvgIpc) is 1.65. The highest BCUT2D eigenvalue weighted by molar-refractivity contribution is 5.68. The third kappa shape index (κ3) is 610. The van der Waals surface area contributed by atoms with E-state index in [4.69, 9.17) is 15.0 Å². The maximum absolute atomic E-state index is 9.24. The van der Waals surface area contributed by atoms with Crippen LogP contribution in [0.15, 0.2) is 0 Å². The Morgan fingerprint density at radius 2 is 1.45 bits per heavy atom. The largest absolute Gasteiger partial charge is 0.481 e. The van der Waals surface area contributed by atoms with Crippen molar-refractivity contribution in [1.82, 2.24) is 6.15 Å². The zero-order valence-electron chi connectivity index (χ0n) is 6.20. The van der Waals surface area contributed by atoms with Crippen LogP contribution in [-0.4, -0.2) is 34.2 Å². The Balaban J connectivity index is -0.0000000383. The van der Waals surface area contributed by atoms with Crippen LogP contribution in [0.3, 0.4) is 0 Å². The Morgan fingerprint density at radius 1 is 1.36 bits per heavy atom. The van der Waals surface area contributed by atoms with Gasteiger partial charge in [0.2, 0.25) is 0 Å². The van der Waals surface area contributed by atoms with Crippen molar-refractivity contribution in [1.29, 1.82) is 0 Å². The molecule has 0 atom stereocenters. The van der Waals surface area contributed by atoms with E-state index < -0.39 is 11.9 Å². The van der Waals surface area contributed by atoms with Gasteiger partial charge < -0.3 is 27.6 Å². The number of nitrogens with two attached hydrogens (primary N) is 1. The number of aliphatic carboxylic acids is 2. The van der Waals surface area contributed by atoms with Crippen molar-refractivity contribution in [3.05, 3.63) is 0 Å². The normalized spacial score (nSPS) is 5.64. The molecule has 0 radical (unpaired) electrons. The van der Waals surface area contributed by atoms with Crippen molar-refractivity contribution < 1.29 is 25.3 Å². The van der Waals surface area contributed by atoms with Crippen LogP contribution in [0.4, 0.5) is 0 Å². The van der Waals surface area contributed by atoms with Gasteiger partial charge in [-0.05, 0) is 0 Å². The number of carbonyl (C=O) groups is 2. The number of hydrogen-bond donors (Lipinski definition) is 4. The molecule has 9 N–H and O–H groups in total. The molecule has 0 aliphatic rings. The van der Waals surface area contributed by atoms with E-state index in [0.717, 1.165) is 6.92 Å². The van der Waals surface area contributed by atoms with Crippen LogP contribution in [0.1, 0.15) is 6.92 Å². The maximum Gasteiger partial charge on any atom is 0.317 e. The first kappa shape index (κ1) is 22.6. The standard InChI is InChI=1S/C2H5NO2.C2H4O2.H3N.H2O/c3-1-2(4)5;1-2(3)4;;/h1,3H2,(H,4,5);1H3,(H,3,4);1H3;1H2. The molecule has 0 saturated carbocycles. The molecule has 70 valence electrons. The quantitative estimate of drug-likeness (QED) is 0.371. The minimum Gasteiger partial charge on any atom is -0.481 e. The monoisotopic (exact) mass is 170 g/mol. The van der Waals surface area contributed by atoms with E-state index >= 15 is 0 Å².